The molecule has 0 bridgehead atoms. The van der Waals surface area contributed by atoms with Crippen LogP contribution in [0.5, 0.6) is 0 Å². The van der Waals surface area contributed by atoms with Gasteiger partial charge >= 0.3 is 10.4 Å². The Morgan fingerprint density at radius 2 is 1.73 bits per heavy atom. The smallest absolute Gasteiger partial charge is 0.379 e. The van der Waals surface area contributed by atoms with Gasteiger partial charge in [0.05, 0.1) is 31.8 Å². The lowest BCUT2D eigenvalue weighted by atomic mass is 9.96. The molecule has 0 radical (unpaired) electrons. The highest BCUT2D eigenvalue weighted by molar-refractivity contribution is 7.79. The monoisotopic (exact) mass is 335 g/mol. The third-order valence-electron chi connectivity index (χ3n) is 3.52. The molecule has 2 fully saturated rings. The predicted octanol–water partition coefficient (Wildman–Crippen LogP) is 1.17. The minimum atomic E-state index is -4.67. The van der Waals surface area contributed by atoms with Gasteiger partial charge in [0.2, 0.25) is 0 Å². The Kier molecular flexibility index (Phi) is 9.45. The largest absolute Gasteiger partial charge is 0.394 e. The van der Waals surface area contributed by atoms with Crippen LogP contribution < -0.4 is 0 Å². The molecule has 2 N–H and O–H groups in total. The van der Waals surface area contributed by atoms with Gasteiger partial charge in [-0.05, 0) is 12.8 Å². The SMILES string of the molecule is C(=NCCN1CCOCC1)=NC1CCCCC1.O=S(=O)(O)O. The summed E-state index contributed by atoms with van der Waals surface area (Å²) < 4.78 is 36.9. The lowest BCUT2D eigenvalue weighted by molar-refractivity contribution is 0.0395. The summed E-state index contributed by atoms with van der Waals surface area (Å²) in [5.74, 6) is 0. The fourth-order valence-corrected chi connectivity index (χ4v) is 2.40. The van der Waals surface area contributed by atoms with E-state index >= 15 is 0 Å². The molecule has 0 spiro atoms. The average Bonchev–Trinajstić information content (AvgIpc) is 2.47. The number of nitrogens with zero attached hydrogens (tertiary/aromatic N) is 3. The maximum atomic E-state index is 8.74. The van der Waals surface area contributed by atoms with E-state index in [9.17, 15) is 0 Å². The first-order valence-corrected chi connectivity index (χ1v) is 8.96. The standard InChI is InChI=1S/C13H23N3O.H2O4S/c1-2-4-13(5-3-1)15-12-14-6-7-16-8-10-17-11-9-16;1-5(2,3)4/h13H,1-11H2;(H2,1,2,3,4). The van der Waals surface area contributed by atoms with Crippen molar-refractivity contribution in [3.05, 3.63) is 0 Å². The third kappa shape index (κ3) is 11.8. The molecule has 9 heteroatoms. The van der Waals surface area contributed by atoms with Gasteiger partial charge in [0, 0.05) is 19.6 Å². The van der Waals surface area contributed by atoms with Crippen molar-refractivity contribution in [3.63, 3.8) is 0 Å². The summed E-state index contributed by atoms with van der Waals surface area (Å²) in [6.07, 6.45) is 6.48. The number of rotatable bonds is 4. The minimum absolute atomic E-state index is 0.496. The second-order valence-corrected chi connectivity index (χ2v) is 6.20. The number of hydrogen-bond donors (Lipinski definition) is 2. The van der Waals surface area contributed by atoms with Crippen LogP contribution in [0.4, 0.5) is 0 Å². The van der Waals surface area contributed by atoms with Crippen LogP contribution in [0.15, 0.2) is 9.98 Å². The van der Waals surface area contributed by atoms with E-state index in [1.165, 1.54) is 32.1 Å². The zero-order chi connectivity index (χ0) is 16.3. The van der Waals surface area contributed by atoms with Crippen molar-refractivity contribution in [1.29, 1.82) is 0 Å². The van der Waals surface area contributed by atoms with Crippen LogP contribution in [0.2, 0.25) is 0 Å². The van der Waals surface area contributed by atoms with Crippen LogP contribution in [0.3, 0.4) is 0 Å². The lowest BCUT2D eigenvalue weighted by Gasteiger charge is -2.25. The Morgan fingerprint density at radius 3 is 2.32 bits per heavy atom. The molecule has 2 rings (SSSR count). The van der Waals surface area contributed by atoms with Gasteiger partial charge in [-0.25, -0.2) is 9.98 Å². The van der Waals surface area contributed by atoms with Crippen molar-refractivity contribution in [3.8, 4) is 0 Å². The van der Waals surface area contributed by atoms with Crippen LogP contribution in [0.25, 0.3) is 0 Å². The molecule has 0 aromatic heterocycles. The van der Waals surface area contributed by atoms with E-state index in [1.807, 2.05) is 0 Å². The molecule has 8 nitrogen and oxygen atoms in total. The van der Waals surface area contributed by atoms with Gasteiger partial charge in [0.1, 0.15) is 0 Å². The molecule has 0 unspecified atom stereocenters. The van der Waals surface area contributed by atoms with Crippen molar-refractivity contribution in [2.24, 2.45) is 9.98 Å². The van der Waals surface area contributed by atoms with E-state index < -0.39 is 10.4 Å². The van der Waals surface area contributed by atoms with E-state index in [1.54, 1.807) is 0 Å². The minimum Gasteiger partial charge on any atom is -0.379 e. The highest BCUT2D eigenvalue weighted by atomic mass is 32.3. The molecule has 0 aromatic carbocycles. The van der Waals surface area contributed by atoms with Crippen molar-refractivity contribution in [1.82, 2.24) is 4.90 Å². The summed E-state index contributed by atoms with van der Waals surface area (Å²) in [5, 5.41) is 0. The fraction of sp³-hybridized carbons (Fsp3) is 0.923. The van der Waals surface area contributed by atoms with E-state index in [0.29, 0.717) is 6.04 Å². The van der Waals surface area contributed by atoms with Gasteiger partial charge in [-0.15, -0.1) is 0 Å². The maximum absolute atomic E-state index is 8.74. The first-order chi connectivity index (χ1) is 10.4. The van der Waals surface area contributed by atoms with Crippen LogP contribution >= 0.6 is 0 Å². The summed E-state index contributed by atoms with van der Waals surface area (Å²) in [6, 6.07) is 3.38. The Balaban J connectivity index is 0.000000422. The topological polar surface area (TPSA) is 112 Å². The molecule has 0 atom stereocenters. The second-order valence-electron chi connectivity index (χ2n) is 5.30. The fourth-order valence-electron chi connectivity index (χ4n) is 2.40. The summed E-state index contributed by atoms with van der Waals surface area (Å²) in [7, 11) is -4.67. The highest BCUT2D eigenvalue weighted by Gasteiger charge is 2.11. The Hall–Kier alpha value is -0.830. The summed E-state index contributed by atoms with van der Waals surface area (Å²) in [4.78, 5) is 11.1. The molecule has 1 aliphatic carbocycles. The molecule has 22 heavy (non-hydrogen) atoms. The van der Waals surface area contributed by atoms with E-state index in [2.05, 4.69) is 20.9 Å². The van der Waals surface area contributed by atoms with Gasteiger partial charge in [0.15, 0.2) is 0 Å². The number of ether oxygens (including phenoxy) is 1. The normalized spacial score (nSPS) is 20.5. The molecule has 1 heterocycles. The van der Waals surface area contributed by atoms with Crippen LogP contribution in [0.1, 0.15) is 32.1 Å². The number of aliphatic imine (C=N–C) groups is 2. The molecule has 1 saturated carbocycles. The first-order valence-electron chi connectivity index (χ1n) is 7.56. The number of hydrogen-bond acceptors (Lipinski definition) is 6. The summed E-state index contributed by atoms with van der Waals surface area (Å²) in [6.45, 7) is 5.62. The quantitative estimate of drug-likeness (QED) is 0.589. The zero-order valence-corrected chi connectivity index (χ0v) is 13.5. The van der Waals surface area contributed by atoms with E-state index in [0.717, 1.165) is 39.4 Å². The highest BCUT2D eigenvalue weighted by Crippen LogP contribution is 2.19. The average molecular weight is 335 g/mol. The van der Waals surface area contributed by atoms with Crippen molar-refractivity contribution < 1.29 is 22.3 Å². The molecule has 2 aliphatic rings. The van der Waals surface area contributed by atoms with Crippen LogP contribution in [-0.2, 0) is 15.1 Å². The van der Waals surface area contributed by atoms with Gasteiger partial charge in [-0.1, -0.05) is 19.3 Å². The zero-order valence-electron chi connectivity index (χ0n) is 12.7. The van der Waals surface area contributed by atoms with Gasteiger partial charge in [-0.2, -0.15) is 8.42 Å². The molecule has 1 aliphatic heterocycles. The third-order valence-corrected chi connectivity index (χ3v) is 3.52. The molecule has 0 aromatic rings. The first kappa shape index (κ1) is 19.2. The summed E-state index contributed by atoms with van der Waals surface area (Å²) >= 11 is 0. The Labute approximate surface area is 131 Å². The van der Waals surface area contributed by atoms with Crippen LogP contribution in [-0.4, -0.2) is 73.9 Å². The Morgan fingerprint density at radius 1 is 1.14 bits per heavy atom. The van der Waals surface area contributed by atoms with Gasteiger partial charge < -0.3 is 4.74 Å². The summed E-state index contributed by atoms with van der Waals surface area (Å²) in [5.41, 5.74) is 0. The molecular weight excluding hydrogens is 310 g/mol. The molecule has 1 saturated heterocycles. The molecular formula is C13H25N3O5S. The lowest BCUT2D eigenvalue weighted by Crippen LogP contribution is -2.37. The molecule has 128 valence electrons. The van der Waals surface area contributed by atoms with E-state index in [4.69, 9.17) is 22.3 Å². The van der Waals surface area contributed by atoms with Gasteiger partial charge in [-0.3, -0.25) is 14.0 Å². The van der Waals surface area contributed by atoms with Crippen molar-refractivity contribution in [2.45, 2.75) is 38.1 Å². The predicted molar refractivity (Wildman–Crippen MR) is 83.0 cm³/mol. The van der Waals surface area contributed by atoms with Crippen molar-refractivity contribution in [2.75, 3.05) is 39.4 Å². The maximum Gasteiger partial charge on any atom is 0.394 e. The van der Waals surface area contributed by atoms with E-state index in [-0.39, 0.29) is 0 Å². The Bertz CT molecular complexity index is 442. The van der Waals surface area contributed by atoms with Gasteiger partial charge in [0.25, 0.3) is 0 Å². The van der Waals surface area contributed by atoms with Crippen molar-refractivity contribution >= 4 is 16.4 Å². The number of morpholine rings is 1. The van der Waals surface area contributed by atoms with Crippen LogP contribution in [0, 0.1) is 0 Å². The second kappa shape index (κ2) is 10.8. The molecule has 0 amide bonds.